The number of nitrogens with one attached hydrogen (secondary N) is 2. The summed E-state index contributed by atoms with van der Waals surface area (Å²) >= 11 is 6.06. The third-order valence-electron chi connectivity index (χ3n) is 3.23. The Hall–Kier alpha value is -1.62. The summed E-state index contributed by atoms with van der Waals surface area (Å²) < 4.78 is 0. The maximum atomic E-state index is 6.06. The first-order valence-corrected chi connectivity index (χ1v) is 6.94. The first-order chi connectivity index (χ1) is 9.26. The fraction of sp³-hybridized carbons (Fsp3) is 0.462. The molecule has 1 unspecified atom stereocenters. The van der Waals surface area contributed by atoms with E-state index in [4.69, 9.17) is 11.6 Å². The van der Waals surface area contributed by atoms with Gasteiger partial charge in [0.05, 0.1) is 6.04 Å². The number of aromatic amines is 1. The second kappa shape index (κ2) is 5.17. The molecule has 0 aromatic carbocycles. The molecule has 0 bridgehead atoms. The van der Waals surface area contributed by atoms with Crippen molar-refractivity contribution in [3.63, 3.8) is 0 Å². The minimum atomic E-state index is 0.105. The summed E-state index contributed by atoms with van der Waals surface area (Å²) in [6.45, 7) is 2.10. The highest BCUT2D eigenvalue weighted by atomic mass is 35.5. The van der Waals surface area contributed by atoms with Gasteiger partial charge in [0, 0.05) is 24.4 Å². The lowest BCUT2D eigenvalue weighted by atomic mass is 10.2. The second-order valence-corrected chi connectivity index (χ2v) is 5.18. The molecular formula is C13H16ClN5. The van der Waals surface area contributed by atoms with Crippen LogP contribution in [0.5, 0.6) is 0 Å². The molecule has 19 heavy (non-hydrogen) atoms. The lowest BCUT2D eigenvalue weighted by molar-refractivity contribution is 0.698. The van der Waals surface area contributed by atoms with E-state index < -0.39 is 0 Å². The van der Waals surface area contributed by atoms with Gasteiger partial charge in [0.15, 0.2) is 0 Å². The van der Waals surface area contributed by atoms with E-state index in [1.807, 2.05) is 6.20 Å². The summed E-state index contributed by atoms with van der Waals surface area (Å²) in [6.07, 6.45) is 6.81. The first kappa shape index (κ1) is 12.4. The fourth-order valence-electron chi connectivity index (χ4n) is 2.04. The highest BCUT2D eigenvalue weighted by molar-refractivity contribution is 6.29. The van der Waals surface area contributed by atoms with Crippen molar-refractivity contribution in [3.05, 3.63) is 35.3 Å². The minimum absolute atomic E-state index is 0.105. The molecular weight excluding hydrogens is 262 g/mol. The Morgan fingerprint density at radius 2 is 2.32 bits per heavy atom. The van der Waals surface area contributed by atoms with Crippen molar-refractivity contribution in [2.24, 2.45) is 0 Å². The number of imidazole rings is 1. The number of aromatic nitrogens is 4. The zero-order valence-electron chi connectivity index (χ0n) is 10.7. The molecule has 6 heteroatoms. The topological polar surface area (TPSA) is 66.5 Å². The summed E-state index contributed by atoms with van der Waals surface area (Å²) in [6, 6.07) is 1.87. The van der Waals surface area contributed by atoms with Crippen molar-refractivity contribution in [2.45, 2.75) is 38.1 Å². The van der Waals surface area contributed by atoms with Crippen LogP contribution in [0.3, 0.4) is 0 Å². The van der Waals surface area contributed by atoms with Crippen molar-refractivity contribution in [1.82, 2.24) is 19.9 Å². The molecule has 1 aliphatic carbocycles. The molecule has 2 heterocycles. The summed E-state index contributed by atoms with van der Waals surface area (Å²) in [5, 5.41) is 3.86. The van der Waals surface area contributed by atoms with Gasteiger partial charge in [0.25, 0.3) is 0 Å². The van der Waals surface area contributed by atoms with E-state index in [9.17, 15) is 0 Å². The lowest BCUT2D eigenvalue weighted by Gasteiger charge is -2.15. The largest absolute Gasteiger partial charge is 0.360 e. The van der Waals surface area contributed by atoms with Gasteiger partial charge in [0.1, 0.15) is 22.6 Å². The SMILES string of the molecule is CCC(Nc1cc(Cl)nc(C2CC2)n1)c1ncc[nH]1. The van der Waals surface area contributed by atoms with Gasteiger partial charge in [0.2, 0.25) is 0 Å². The van der Waals surface area contributed by atoms with Gasteiger partial charge in [-0.25, -0.2) is 15.0 Å². The van der Waals surface area contributed by atoms with Crippen molar-refractivity contribution in [2.75, 3.05) is 5.32 Å². The van der Waals surface area contributed by atoms with Gasteiger partial charge in [-0.15, -0.1) is 0 Å². The van der Waals surface area contributed by atoms with E-state index in [1.54, 1.807) is 12.3 Å². The van der Waals surface area contributed by atoms with Crippen LogP contribution in [0.15, 0.2) is 18.5 Å². The predicted octanol–water partition coefficient (Wildman–Crippen LogP) is 3.29. The van der Waals surface area contributed by atoms with Crippen LogP contribution in [0, 0.1) is 0 Å². The molecule has 100 valence electrons. The molecule has 1 atom stereocenters. The molecule has 0 amide bonds. The zero-order chi connectivity index (χ0) is 13.2. The van der Waals surface area contributed by atoms with E-state index >= 15 is 0 Å². The number of halogens is 1. The van der Waals surface area contributed by atoms with Crippen molar-refractivity contribution < 1.29 is 0 Å². The van der Waals surface area contributed by atoms with E-state index in [2.05, 4.69) is 32.2 Å². The van der Waals surface area contributed by atoms with Crippen LogP contribution in [0.2, 0.25) is 5.15 Å². The average Bonchev–Trinajstić information content (AvgIpc) is 3.11. The molecule has 5 nitrogen and oxygen atoms in total. The van der Waals surface area contributed by atoms with Gasteiger partial charge >= 0.3 is 0 Å². The van der Waals surface area contributed by atoms with Gasteiger partial charge in [-0.05, 0) is 19.3 Å². The van der Waals surface area contributed by atoms with Crippen LogP contribution in [0.1, 0.15) is 49.8 Å². The minimum Gasteiger partial charge on any atom is -0.360 e. The molecule has 0 aliphatic heterocycles. The predicted molar refractivity (Wildman–Crippen MR) is 74.3 cm³/mol. The zero-order valence-corrected chi connectivity index (χ0v) is 11.5. The molecule has 3 rings (SSSR count). The molecule has 2 aromatic heterocycles. The van der Waals surface area contributed by atoms with Crippen LogP contribution in [0.25, 0.3) is 0 Å². The third-order valence-corrected chi connectivity index (χ3v) is 3.43. The highest BCUT2D eigenvalue weighted by Crippen LogP contribution is 2.39. The number of hydrogen-bond acceptors (Lipinski definition) is 4. The molecule has 1 aliphatic rings. The fourth-order valence-corrected chi connectivity index (χ4v) is 2.23. The van der Waals surface area contributed by atoms with E-state index in [0.29, 0.717) is 11.1 Å². The van der Waals surface area contributed by atoms with Crippen LogP contribution >= 0.6 is 11.6 Å². The van der Waals surface area contributed by atoms with Gasteiger partial charge in [-0.2, -0.15) is 0 Å². The molecule has 2 aromatic rings. The van der Waals surface area contributed by atoms with Crippen molar-refractivity contribution >= 4 is 17.4 Å². The Morgan fingerprint density at radius 3 is 2.95 bits per heavy atom. The molecule has 1 fully saturated rings. The lowest BCUT2D eigenvalue weighted by Crippen LogP contribution is -2.13. The third kappa shape index (κ3) is 2.87. The average molecular weight is 278 g/mol. The maximum absolute atomic E-state index is 6.06. The number of H-pyrrole nitrogens is 1. The van der Waals surface area contributed by atoms with Crippen LogP contribution in [-0.2, 0) is 0 Å². The summed E-state index contributed by atoms with van der Waals surface area (Å²) in [5.74, 6) is 3.02. The van der Waals surface area contributed by atoms with E-state index in [-0.39, 0.29) is 6.04 Å². The molecule has 0 radical (unpaired) electrons. The van der Waals surface area contributed by atoms with Crippen molar-refractivity contribution in [3.8, 4) is 0 Å². The second-order valence-electron chi connectivity index (χ2n) is 4.79. The van der Waals surface area contributed by atoms with Gasteiger partial charge in [-0.1, -0.05) is 18.5 Å². The van der Waals surface area contributed by atoms with Crippen LogP contribution in [0.4, 0.5) is 5.82 Å². The standard InChI is InChI=1S/C13H16ClN5/c1-2-9(13-15-5-6-16-13)17-11-7-10(14)18-12(19-11)8-3-4-8/h5-9H,2-4H2,1H3,(H,15,16)(H,17,18,19). The van der Waals surface area contributed by atoms with Gasteiger partial charge in [-0.3, -0.25) is 0 Å². The molecule has 0 saturated heterocycles. The van der Waals surface area contributed by atoms with E-state index in [1.165, 1.54) is 0 Å². The summed E-state index contributed by atoms with van der Waals surface area (Å²) in [5.41, 5.74) is 0. The molecule has 0 spiro atoms. The van der Waals surface area contributed by atoms with Crippen molar-refractivity contribution in [1.29, 1.82) is 0 Å². The Bertz CT molecular complexity index is 550. The normalized spacial score (nSPS) is 16.3. The Morgan fingerprint density at radius 1 is 1.47 bits per heavy atom. The number of hydrogen-bond donors (Lipinski definition) is 2. The smallest absolute Gasteiger partial charge is 0.135 e. The number of anilines is 1. The summed E-state index contributed by atoms with van der Waals surface area (Å²) in [4.78, 5) is 16.2. The quantitative estimate of drug-likeness (QED) is 0.823. The number of rotatable bonds is 5. The monoisotopic (exact) mass is 277 g/mol. The Kier molecular flexibility index (Phi) is 3.38. The maximum Gasteiger partial charge on any atom is 0.135 e. The van der Waals surface area contributed by atoms with E-state index in [0.717, 1.165) is 36.7 Å². The number of nitrogens with zero attached hydrogens (tertiary/aromatic N) is 3. The van der Waals surface area contributed by atoms with Crippen LogP contribution in [-0.4, -0.2) is 19.9 Å². The van der Waals surface area contributed by atoms with Gasteiger partial charge < -0.3 is 10.3 Å². The Balaban J connectivity index is 1.81. The Labute approximate surface area is 116 Å². The molecule has 1 saturated carbocycles. The highest BCUT2D eigenvalue weighted by Gasteiger charge is 2.27. The summed E-state index contributed by atoms with van der Waals surface area (Å²) in [7, 11) is 0. The first-order valence-electron chi connectivity index (χ1n) is 6.56. The molecule has 2 N–H and O–H groups in total. The van der Waals surface area contributed by atoms with Crippen LogP contribution < -0.4 is 5.32 Å².